The number of hydrogen-bond donors (Lipinski definition) is 2. The summed E-state index contributed by atoms with van der Waals surface area (Å²) in [4.78, 5) is 11.9. The molecule has 4 heteroatoms. The van der Waals surface area contributed by atoms with E-state index in [4.69, 9.17) is 10.5 Å². The van der Waals surface area contributed by atoms with Gasteiger partial charge in [0.25, 0.3) is 0 Å². The molecule has 0 atom stereocenters. The quantitative estimate of drug-likeness (QED) is 0.801. The zero-order valence-electron chi connectivity index (χ0n) is 11.4. The number of methoxy groups -OCH3 is 1. The number of carbonyl (C=O) groups excluding carboxylic acids is 1. The lowest BCUT2D eigenvalue weighted by molar-refractivity contribution is -0.116. The summed E-state index contributed by atoms with van der Waals surface area (Å²) in [6, 6.07) is 5.25. The number of ether oxygens (including phenoxy) is 1. The highest BCUT2D eigenvalue weighted by molar-refractivity contribution is 5.92. The van der Waals surface area contributed by atoms with Crippen molar-refractivity contribution in [3.8, 4) is 5.75 Å². The summed E-state index contributed by atoms with van der Waals surface area (Å²) in [6.45, 7) is 0. The van der Waals surface area contributed by atoms with Crippen LogP contribution in [0.3, 0.4) is 0 Å². The minimum Gasteiger partial charge on any atom is -0.495 e. The first kappa shape index (κ1) is 13.7. The Morgan fingerprint density at radius 3 is 2.84 bits per heavy atom. The van der Waals surface area contributed by atoms with Crippen LogP contribution in [0, 0.1) is 5.92 Å². The number of carbonyl (C=O) groups is 1. The van der Waals surface area contributed by atoms with Gasteiger partial charge in [-0.1, -0.05) is 25.7 Å². The number of benzene rings is 1. The van der Waals surface area contributed by atoms with Gasteiger partial charge in [0.1, 0.15) is 5.75 Å². The molecule has 0 spiro atoms. The van der Waals surface area contributed by atoms with Crippen molar-refractivity contribution in [1.29, 1.82) is 0 Å². The van der Waals surface area contributed by atoms with E-state index in [0.29, 0.717) is 23.5 Å². The van der Waals surface area contributed by atoms with E-state index in [2.05, 4.69) is 5.32 Å². The van der Waals surface area contributed by atoms with Gasteiger partial charge < -0.3 is 15.8 Å². The SMILES string of the molecule is COc1ccc(N)cc1NC(=O)CCC1CCCC1. The van der Waals surface area contributed by atoms with E-state index in [1.807, 2.05) is 0 Å². The Bertz CT molecular complexity index is 440. The van der Waals surface area contributed by atoms with Crippen LogP contribution in [-0.4, -0.2) is 13.0 Å². The van der Waals surface area contributed by atoms with Crippen LogP contribution in [0.4, 0.5) is 11.4 Å². The van der Waals surface area contributed by atoms with Gasteiger partial charge in [-0.2, -0.15) is 0 Å². The average Bonchev–Trinajstić information content (AvgIpc) is 2.90. The van der Waals surface area contributed by atoms with Gasteiger partial charge in [0.05, 0.1) is 12.8 Å². The average molecular weight is 262 g/mol. The first-order valence-electron chi connectivity index (χ1n) is 6.92. The van der Waals surface area contributed by atoms with Crippen molar-refractivity contribution < 1.29 is 9.53 Å². The predicted octanol–water partition coefficient (Wildman–Crippen LogP) is 3.19. The fourth-order valence-corrected chi connectivity index (χ4v) is 2.67. The normalized spacial score (nSPS) is 15.4. The minimum atomic E-state index is 0.0378. The largest absolute Gasteiger partial charge is 0.495 e. The van der Waals surface area contributed by atoms with E-state index in [-0.39, 0.29) is 5.91 Å². The number of nitrogens with one attached hydrogen (secondary N) is 1. The molecular weight excluding hydrogens is 240 g/mol. The second-order valence-electron chi connectivity index (χ2n) is 5.20. The molecule has 1 aliphatic rings. The Hall–Kier alpha value is -1.71. The molecule has 4 nitrogen and oxygen atoms in total. The van der Waals surface area contributed by atoms with E-state index in [1.165, 1.54) is 25.7 Å². The number of rotatable bonds is 5. The Kier molecular flexibility index (Phi) is 4.66. The van der Waals surface area contributed by atoms with Crippen LogP contribution in [0.25, 0.3) is 0 Å². The number of nitrogen functional groups attached to an aromatic ring is 1. The van der Waals surface area contributed by atoms with Crippen LogP contribution in [0.5, 0.6) is 5.75 Å². The van der Waals surface area contributed by atoms with Crippen molar-refractivity contribution in [2.75, 3.05) is 18.2 Å². The summed E-state index contributed by atoms with van der Waals surface area (Å²) in [7, 11) is 1.58. The van der Waals surface area contributed by atoms with Gasteiger partial charge in [-0.15, -0.1) is 0 Å². The molecule has 1 saturated carbocycles. The maximum absolute atomic E-state index is 11.9. The van der Waals surface area contributed by atoms with Crippen molar-refractivity contribution in [2.45, 2.75) is 38.5 Å². The molecule has 1 aromatic rings. The van der Waals surface area contributed by atoms with E-state index >= 15 is 0 Å². The summed E-state index contributed by atoms with van der Waals surface area (Å²) in [5, 5.41) is 2.88. The third-order valence-electron chi connectivity index (χ3n) is 3.75. The third kappa shape index (κ3) is 3.88. The molecule has 0 bridgehead atoms. The van der Waals surface area contributed by atoms with Gasteiger partial charge in [-0.05, 0) is 30.5 Å². The lowest BCUT2D eigenvalue weighted by atomic mass is 10.0. The number of hydrogen-bond acceptors (Lipinski definition) is 3. The third-order valence-corrected chi connectivity index (χ3v) is 3.75. The molecule has 0 aliphatic heterocycles. The molecule has 1 fully saturated rings. The number of anilines is 2. The van der Waals surface area contributed by atoms with Crippen LogP contribution >= 0.6 is 0 Å². The topological polar surface area (TPSA) is 64.3 Å². The minimum absolute atomic E-state index is 0.0378. The lowest BCUT2D eigenvalue weighted by Gasteiger charge is -2.12. The van der Waals surface area contributed by atoms with Crippen LogP contribution < -0.4 is 15.8 Å². The van der Waals surface area contributed by atoms with Crippen molar-refractivity contribution in [3.05, 3.63) is 18.2 Å². The molecule has 104 valence electrons. The van der Waals surface area contributed by atoms with Gasteiger partial charge in [0.2, 0.25) is 5.91 Å². The standard InChI is InChI=1S/C15H22N2O2/c1-19-14-8-7-12(16)10-13(14)17-15(18)9-6-11-4-2-3-5-11/h7-8,10-11H,2-6,9,16H2,1H3,(H,17,18). The second kappa shape index (κ2) is 6.45. The Labute approximate surface area is 114 Å². The monoisotopic (exact) mass is 262 g/mol. The van der Waals surface area contributed by atoms with Gasteiger partial charge in [0.15, 0.2) is 0 Å². The molecule has 2 rings (SSSR count). The first-order valence-corrected chi connectivity index (χ1v) is 6.92. The summed E-state index contributed by atoms with van der Waals surface area (Å²) in [5.41, 5.74) is 6.99. The fraction of sp³-hybridized carbons (Fsp3) is 0.533. The van der Waals surface area contributed by atoms with E-state index in [0.717, 1.165) is 12.3 Å². The van der Waals surface area contributed by atoms with Crippen molar-refractivity contribution in [2.24, 2.45) is 5.92 Å². The Morgan fingerprint density at radius 2 is 2.16 bits per heavy atom. The molecular formula is C15H22N2O2. The van der Waals surface area contributed by atoms with Gasteiger partial charge in [-0.3, -0.25) is 4.79 Å². The fourth-order valence-electron chi connectivity index (χ4n) is 2.67. The number of nitrogens with two attached hydrogens (primary N) is 1. The van der Waals surface area contributed by atoms with Crippen molar-refractivity contribution in [3.63, 3.8) is 0 Å². The zero-order valence-corrected chi connectivity index (χ0v) is 11.4. The van der Waals surface area contributed by atoms with Gasteiger partial charge >= 0.3 is 0 Å². The van der Waals surface area contributed by atoms with Crippen LogP contribution in [0.2, 0.25) is 0 Å². The van der Waals surface area contributed by atoms with E-state index < -0.39 is 0 Å². The molecule has 0 radical (unpaired) electrons. The number of amides is 1. The van der Waals surface area contributed by atoms with Crippen molar-refractivity contribution in [1.82, 2.24) is 0 Å². The summed E-state index contributed by atoms with van der Waals surface area (Å²) < 4.78 is 5.21. The molecule has 1 amide bonds. The van der Waals surface area contributed by atoms with Gasteiger partial charge in [0, 0.05) is 12.1 Å². The second-order valence-corrected chi connectivity index (χ2v) is 5.20. The molecule has 0 saturated heterocycles. The Balaban J connectivity index is 1.88. The molecule has 0 heterocycles. The smallest absolute Gasteiger partial charge is 0.224 e. The summed E-state index contributed by atoms with van der Waals surface area (Å²) in [5.74, 6) is 1.41. The first-order chi connectivity index (χ1) is 9.19. The van der Waals surface area contributed by atoms with Crippen LogP contribution in [0.15, 0.2) is 18.2 Å². The maximum Gasteiger partial charge on any atom is 0.224 e. The Morgan fingerprint density at radius 1 is 1.42 bits per heavy atom. The molecule has 0 unspecified atom stereocenters. The van der Waals surface area contributed by atoms with Crippen LogP contribution in [0.1, 0.15) is 38.5 Å². The van der Waals surface area contributed by atoms with E-state index in [9.17, 15) is 4.79 Å². The molecule has 19 heavy (non-hydrogen) atoms. The molecule has 1 aliphatic carbocycles. The maximum atomic E-state index is 11.9. The molecule has 0 aromatic heterocycles. The van der Waals surface area contributed by atoms with Crippen molar-refractivity contribution >= 4 is 17.3 Å². The molecule has 1 aromatic carbocycles. The highest BCUT2D eigenvalue weighted by atomic mass is 16.5. The summed E-state index contributed by atoms with van der Waals surface area (Å²) >= 11 is 0. The molecule has 3 N–H and O–H groups in total. The van der Waals surface area contributed by atoms with Crippen LogP contribution in [-0.2, 0) is 4.79 Å². The predicted molar refractivity (Wildman–Crippen MR) is 77.2 cm³/mol. The zero-order chi connectivity index (χ0) is 13.7. The highest BCUT2D eigenvalue weighted by Gasteiger charge is 2.16. The highest BCUT2D eigenvalue weighted by Crippen LogP contribution is 2.30. The van der Waals surface area contributed by atoms with E-state index in [1.54, 1.807) is 25.3 Å². The van der Waals surface area contributed by atoms with Gasteiger partial charge in [-0.25, -0.2) is 0 Å². The lowest BCUT2D eigenvalue weighted by Crippen LogP contribution is -2.13. The summed E-state index contributed by atoms with van der Waals surface area (Å²) in [6.07, 6.45) is 6.73.